The highest BCUT2D eigenvalue weighted by Crippen LogP contribution is 2.42. The van der Waals surface area contributed by atoms with Gasteiger partial charge in [0.15, 0.2) is 17.7 Å². The maximum absolute atomic E-state index is 14.7. The lowest BCUT2D eigenvalue weighted by Gasteiger charge is -2.48. The fourth-order valence-electron chi connectivity index (χ4n) is 8.36. The summed E-state index contributed by atoms with van der Waals surface area (Å²) >= 11 is 0. The van der Waals surface area contributed by atoms with Gasteiger partial charge in [0.25, 0.3) is 5.90 Å². The average molecular weight is 748 g/mol. The molecule has 0 saturated carbocycles. The van der Waals surface area contributed by atoms with Gasteiger partial charge in [-0.25, -0.2) is 9.79 Å². The molecule has 0 bridgehead atoms. The number of hydrogen-bond acceptors (Lipinski definition) is 12. The number of nitrogens with one attached hydrogen (secondary N) is 1. The van der Waals surface area contributed by atoms with Crippen molar-refractivity contribution in [2.75, 3.05) is 33.9 Å². The largest absolute Gasteiger partial charge is 0.470 e. The minimum Gasteiger partial charge on any atom is -0.470 e. The van der Waals surface area contributed by atoms with E-state index in [9.17, 15) is 19.2 Å². The van der Waals surface area contributed by atoms with Crippen molar-refractivity contribution in [3.8, 4) is 11.8 Å². The number of fused-ring (bicyclic) bond motifs is 1. The zero-order chi connectivity index (χ0) is 40.1. The van der Waals surface area contributed by atoms with Gasteiger partial charge in [-0.3, -0.25) is 14.4 Å². The summed E-state index contributed by atoms with van der Waals surface area (Å²) in [6.45, 7) is 22.6. The highest BCUT2D eigenvalue weighted by atomic mass is 16.7. The van der Waals surface area contributed by atoms with Crippen LogP contribution in [0.4, 0.5) is 4.79 Å². The van der Waals surface area contributed by atoms with Gasteiger partial charge < -0.3 is 38.6 Å². The molecule has 0 radical (unpaired) electrons. The number of nitrogens with zero attached hydrogens (tertiary/aromatic N) is 2. The number of Topliss-reactive ketones (excluding diaryl/α,β-unsaturated/α-hetero) is 2. The summed E-state index contributed by atoms with van der Waals surface area (Å²) in [4.78, 5) is 62.1. The molecular weight excluding hydrogens is 682 g/mol. The van der Waals surface area contributed by atoms with Crippen LogP contribution in [0, 0.1) is 40.9 Å². The average Bonchev–Trinajstić information content (AvgIpc) is 3.75. The molecule has 4 heterocycles. The van der Waals surface area contributed by atoms with E-state index in [0.717, 1.165) is 6.42 Å². The maximum Gasteiger partial charge on any atom is 0.408 e. The Bertz CT molecular complexity index is 1420. The Balaban J connectivity index is 0.00000372. The monoisotopic (exact) mass is 747 g/mol. The zero-order valence-electron chi connectivity index (χ0n) is 34.5. The van der Waals surface area contributed by atoms with Gasteiger partial charge in [-0.15, -0.1) is 0 Å². The Morgan fingerprint density at radius 3 is 2.25 bits per heavy atom. The van der Waals surface area contributed by atoms with Gasteiger partial charge >= 0.3 is 12.1 Å². The molecule has 4 aliphatic heterocycles. The van der Waals surface area contributed by atoms with Crippen LogP contribution in [-0.2, 0) is 42.8 Å². The van der Waals surface area contributed by atoms with Crippen LogP contribution in [0.15, 0.2) is 4.99 Å². The van der Waals surface area contributed by atoms with Crippen molar-refractivity contribution in [2.24, 2.45) is 34.1 Å². The summed E-state index contributed by atoms with van der Waals surface area (Å²) < 4.78 is 37.2. The quantitative estimate of drug-likeness (QED) is 0.223. The summed E-state index contributed by atoms with van der Waals surface area (Å²) in [6, 6.07) is -0.679. The first-order chi connectivity index (χ1) is 24.8. The number of ketones is 2. The topological polar surface area (TPSA) is 151 Å². The second kappa shape index (κ2) is 18.1. The number of rotatable bonds is 6. The van der Waals surface area contributed by atoms with E-state index in [4.69, 9.17) is 28.4 Å². The van der Waals surface area contributed by atoms with Gasteiger partial charge in [-0.2, -0.15) is 0 Å². The van der Waals surface area contributed by atoms with Crippen LogP contribution in [0.25, 0.3) is 0 Å². The number of ether oxygens (including phenoxy) is 6. The number of esters is 1. The van der Waals surface area contributed by atoms with Crippen molar-refractivity contribution in [1.29, 1.82) is 0 Å². The molecule has 3 fully saturated rings. The van der Waals surface area contributed by atoms with Gasteiger partial charge in [-0.1, -0.05) is 54.4 Å². The molecule has 1 N–H and O–H groups in total. The van der Waals surface area contributed by atoms with Crippen LogP contribution < -0.4 is 5.32 Å². The SMILES string of the molecule is CC.CC[C@H]1OC(=O)C(C)(C)C(=O)[C@H](C)[C@@H](O[C@@H]2O[C@H](C)C[C@H](N(C)C)[C@H]2C)[C@@](C)(OCC#CC2=NCCO2)C[C@@H](C)C(=O)[C@H](C)[C@H]2NC(=O)O[C@@]21C. The number of cyclic esters (lactones) is 1. The van der Waals surface area contributed by atoms with Crippen molar-refractivity contribution in [2.45, 2.75) is 150 Å². The molecule has 4 rings (SSSR count). The Kier molecular flexibility index (Phi) is 15.1. The smallest absolute Gasteiger partial charge is 0.408 e. The third-order valence-corrected chi connectivity index (χ3v) is 11.4. The van der Waals surface area contributed by atoms with E-state index < -0.39 is 76.8 Å². The van der Waals surface area contributed by atoms with Crippen LogP contribution in [0.3, 0.4) is 0 Å². The molecular formula is C40H65N3O10. The van der Waals surface area contributed by atoms with E-state index in [-0.39, 0.29) is 43.3 Å². The number of carbonyl (C=O) groups is 4. The van der Waals surface area contributed by atoms with Crippen molar-refractivity contribution < 1.29 is 47.6 Å². The van der Waals surface area contributed by atoms with Crippen LogP contribution in [-0.4, -0.2) is 116 Å². The minimum atomic E-state index is -1.63. The number of carbonyl (C=O) groups excluding carboxylic acids is 4. The Labute approximate surface area is 316 Å². The number of amides is 1. The lowest BCUT2D eigenvalue weighted by atomic mass is 9.71. The van der Waals surface area contributed by atoms with E-state index in [1.54, 1.807) is 27.7 Å². The molecule has 12 atom stereocenters. The summed E-state index contributed by atoms with van der Waals surface area (Å²) in [5, 5.41) is 2.81. The minimum absolute atomic E-state index is 0.0812. The van der Waals surface area contributed by atoms with E-state index in [2.05, 4.69) is 34.0 Å². The Morgan fingerprint density at radius 2 is 1.66 bits per heavy atom. The Hall–Kier alpha value is -3.05. The van der Waals surface area contributed by atoms with Crippen LogP contribution in [0.1, 0.15) is 102 Å². The van der Waals surface area contributed by atoms with Crippen molar-refractivity contribution in [1.82, 2.24) is 10.2 Å². The maximum atomic E-state index is 14.7. The lowest BCUT2D eigenvalue weighted by molar-refractivity contribution is -0.282. The molecule has 0 aromatic carbocycles. The molecule has 53 heavy (non-hydrogen) atoms. The summed E-state index contributed by atoms with van der Waals surface area (Å²) in [7, 11) is 4.03. The molecule has 0 aromatic rings. The highest BCUT2D eigenvalue weighted by Gasteiger charge is 2.58. The van der Waals surface area contributed by atoms with Gasteiger partial charge in [0.1, 0.15) is 30.5 Å². The fraction of sp³-hybridized carbons (Fsp3) is 0.825. The van der Waals surface area contributed by atoms with Crippen LogP contribution in [0.2, 0.25) is 0 Å². The molecule has 4 aliphatic rings. The molecule has 0 unspecified atom stereocenters. The molecule has 13 nitrogen and oxygen atoms in total. The van der Waals surface area contributed by atoms with Crippen LogP contribution >= 0.6 is 0 Å². The lowest BCUT2D eigenvalue weighted by Crippen LogP contribution is -2.60. The summed E-state index contributed by atoms with van der Waals surface area (Å²) in [5.74, 6) is 2.42. The molecule has 0 aromatic heterocycles. The van der Waals surface area contributed by atoms with Crippen LogP contribution in [0.5, 0.6) is 0 Å². The van der Waals surface area contributed by atoms with Crippen molar-refractivity contribution >= 4 is 29.5 Å². The van der Waals surface area contributed by atoms with E-state index >= 15 is 0 Å². The normalized spacial score (nSPS) is 39.1. The standard InChI is InChI=1S/C38H59N3O10.C2H6/c1-13-27-38(10)30(40-35(45)51-38)24(5)29(42)21(2)20-37(9,47-17-14-15-28-39-16-18-46-28)32(25(6)31(43)36(7,8)34(44)49-27)50-33-23(4)26(41(11)12)19-22(3)48-33;1-2/h21-27,30,32-33H,13,16-20H2,1-12H3,(H,40,45);1-2H3/t21-,22-,23-,24+,25+,26+,27-,30-,32-,33+,37+,38-;/m1./s1. The van der Waals surface area contributed by atoms with E-state index in [1.165, 1.54) is 13.8 Å². The number of alkyl carbamates (subject to hydrolysis) is 1. The zero-order valence-corrected chi connectivity index (χ0v) is 34.5. The van der Waals surface area contributed by atoms with Gasteiger partial charge in [0.05, 0.1) is 30.4 Å². The fourth-order valence-corrected chi connectivity index (χ4v) is 8.36. The summed E-state index contributed by atoms with van der Waals surface area (Å²) in [5.41, 5.74) is -4.31. The first kappa shape index (κ1) is 44.3. The van der Waals surface area contributed by atoms with Gasteiger partial charge in [-0.05, 0) is 73.9 Å². The van der Waals surface area contributed by atoms with Gasteiger partial charge in [0, 0.05) is 29.7 Å². The number of hydrogen-bond donors (Lipinski definition) is 1. The third-order valence-electron chi connectivity index (χ3n) is 11.4. The molecule has 0 aliphatic carbocycles. The number of aliphatic imine (C=N–C) groups is 1. The van der Waals surface area contributed by atoms with Gasteiger partial charge in [0.2, 0.25) is 0 Å². The first-order valence-corrected chi connectivity index (χ1v) is 19.3. The highest BCUT2D eigenvalue weighted by molar-refractivity contribution is 6.04. The van der Waals surface area contributed by atoms with Crippen molar-refractivity contribution in [3.63, 3.8) is 0 Å². The summed E-state index contributed by atoms with van der Waals surface area (Å²) in [6.07, 6.45) is -2.29. The molecule has 3 saturated heterocycles. The molecule has 13 heteroatoms. The van der Waals surface area contributed by atoms with Crippen molar-refractivity contribution in [3.05, 3.63) is 0 Å². The molecule has 1 amide bonds. The Morgan fingerprint density at radius 1 is 1.00 bits per heavy atom. The van der Waals surface area contributed by atoms with E-state index in [0.29, 0.717) is 19.0 Å². The first-order valence-electron chi connectivity index (χ1n) is 19.3. The molecule has 300 valence electrons. The second-order valence-electron chi connectivity index (χ2n) is 16.0. The predicted molar refractivity (Wildman–Crippen MR) is 200 cm³/mol. The molecule has 0 spiro atoms. The third kappa shape index (κ3) is 9.61. The van der Waals surface area contributed by atoms with E-state index in [1.807, 2.05) is 48.7 Å². The second-order valence-corrected chi connectivity index (χ2v) is 16.0. The predicted octanol–water partition coefficient (Wildman–Crippen LogP) is 4.97.